The van der Waals surface area contributed by atoms with E-state index in [4.69, 9.17) is 11.6 Å². The van der Waals surface area contributed by atoms with E-state index in [1.807, 2.05) is 0 Å². The Morgan fingerprint density at radius 2 is 2.27 bits per heavy atom. The molecular formula is C10H14O. The minimum absolute atomic E-state index is 0.356. The molecule has 0 fully saturated rings. The Morgan fingerprint density at radius 3 is 2.82 bits per heavy atom. The van der Waals surface area contributed by atoms with Gasteiger partial charge in [-0.25, -0.2) is 0 Å². The van der Waals surface area contributed by atoms with E-state index in [-0.39, 0.29) is 0 Å². The molecule has 0 bridgehead atoms. The molecule has 1 heteroatoms. The number of ether oxygens (including phenoxy) is 1. The Labute approximate surface area is 75.0 Å². The number of benzene rings is 1. The number of rotatable bonds is 3. The van der Waals surface area contributed by atoms with Crippen LogP contribution in [-0.2, 0) is 0 Å². The van der Waals surface area contributed by atoms with Crippen LogP contribution in [0.2, 0.25) is 0 Å². The summed E-state index contributed by atoms with van der Waals surface area (Å²) < 4.78 is 41.9. The van der Waals surface area contributed by atoms with Crippen molar-refractivity contribution in [1.29, 1.82) is 0 Å². The molecule has 60 valence electrons. The second kappa shape index (κ2) is 4.02. The smallest absolute Gasteiger partial charge is 0.119 e. The highest BCUT2D eigenvalue weighted by Gasteiger charge is 1.97. The van der Waals surface area contributed by atoms with Crippen LogP contribution in [0.3, 0.4) is 0 Å². The van der Waals surface area contributed by atoms with Crippen LogP contribution in [0.5, 0.6) is 5.75 Å². The molecule has 0 aromatic heterocycles. The van der Waals surface area contributed by atoms with Gasteiger partial charge in [0.05, 0.1) is 6.10 Å². The molecule has 0 saturated heterocycles. The summed E-state index contributed by atoms with van der Waals surface area (Å²) >= 11 is 0. The quantitative estimate of drug-likeness (QED) is 0.652. The van der Waals surface area contributed by atoms with Crippen molar-refractivity contribution in [2.24, 2.45) is 0 Å². The van der Waals surface area contributed by atoms with Gasteiger partial charge in [0.15, 0.2) is 0 Å². The molecule has 11 heavy (non-hydrogen) atoms. The third-order valence-corrected chi connectivity index (χ3v) is 1.26. The van der Waals surface area contributed by atoms with E-state index < -0.39 is 19.3 Å². The number of hydrogen-bond acceptors (Lipinski definition) is 1. The standard InChI is InChI=1S/C10H14O/c1-3-9(2)11-10-7-5-4-6-8-10/h4-9H,3H2,1-2H3/i2D3,3D2. The lowest BCUT2D eigenvalue weighted by Crippen LogP contribution is -2.09. The molecule has 1 atom stereocenters. The average molecular weight is 155 g/mol. The van der Waals surface area contributed by atoms with E-state index in [1.54, 1.807) is 30.3 Å². The molecule has 1 nitrogen and oxygen atoms in total. The summed E-state index contributed by atoms with van der Waals surface area (Å²) in [6, 6.07) is 8.39. The SMILES string of the molecule is [2H]C([2H])([2H])C(Oc1ccccc1)C([2H])([2H])C. The molecule has 0 spiro atoms. The molecule has 0 heterocycles. The molecule has 0 aliphatic heterocycles. The molecule has 1 aromatic rings. The first kappa shape index (κ1) is 3.61. The fourth-order valence-electron chi connectivity index (χ4n) is 0.694. The van der Waals surface area contributed by atoms with Crippen LogP contribution in [0, 0.1) is 0 Å². The Morgan fingerprint density at radius 1 is 1.55 bits per heavy atom. The summed E-state index contributed by atoms with van der Waals surface area (Å²) in [6.07, 6.45) is -3.40. The van der Waals surface area contributed by atoms with Crippen LogP contribution in [-0.4, -0.2) is 6.10 Å². The van der Waals surface area contributed by atoms with Crippen LogP contribution in [0.1, 0.15) is 27.0 Å². The van der Waals surface area contributed by atoms with Crippen LogP contribution >= 0.6 is 0 Å². The topological polar surface area (TPSA) is 9.23 Å². The minimum atomic E-state index is -2.49. The van der Waals surface area contributed by atoms with Crippen molar-refractivity contribution in [2.75, 3.05) is 0 Å². The van der Waals surface area contributed by atoms with Gasteiger partial charge in [0.1, 0.15) is 5.75 Å². The van der Waals surface area contributed by atoms with Gasteiger partial charge in [-0.15, -0.1) is 0 Å². The Hall–Kier alpha value is -0.980. The molecule has 1 unspecified atom stereocenters. The zero-order valence-electron chi connectivity index (χ0n) is 11.4. The third-order valence-electron chi connectivity index (χ3n) is 1.26. The zero-order chi connectivity index (χ0) is 12.4. The molecule has 0 radical (unpaired) electrons. The summed E-state index contributed by atoms with van der Waals surface area (Å²) in [5.41, 5.74) is 0. The van der Waals surface area contributed by atoms with Crippen molar-refractivity contribution in [3.8, 4) is 5.75 Å². The minimum Gasteiger partial charge on any atom is -0.491 e. The normalized spacial score (nSPS) is 21.7. The fourth-order valence-corrected chi connectivity index (χ4v) is 0.694. The molecule has 0 aliphatic carbocycles. The molecule has 0 aliphatic rings. The first-order chi connectivity index (χ1) is 7.21. The van der Waals surface area contributed by atoms with Crippen molar-refractivity contribution in [3.63, 3.8) is 0 Å². The number of hydrogen-bond donors (Lipinski definition) is 0. The maximum Gasteiger partial charge on any atom is 0.119 e. The largest absolute Gasteiger partial charge is 0.491 e. The molecule has 1 rings (SSSR count). The maximum atomic E-state index is 7.48. The average Bonchev–Trinajstić information content (AvgIpc) is 2.12. The second-order valence-electron chi connectivity index (χ2n) is 2.10. The zero-order valence-corrected chi connectivity index (χ0v) is 6.37. The van der Waals surface area contributed by atoms with E-state index in [0.29, 0.717) is 5.75 Å². The van der Waals surface area contributed by atoms with Gasteiger partial charge in [-0.1, -0.05) is 25.1 Å². The molecule has 0 saturated carbocycles. The summed E-state index contributed by atoms with van der Waals surface area (Å²) in [6.45, 7) is -1.29. The second-order valence-corrected chi connectivity index (χ2v) is 2.10. The lowest BCUT2D eigenvalue weighted by Gasteiger charge is -2.11. The van der Waals surface area contributed by atoms with Gasteiger partial charge in [-0.05, 0) is 25.4 Å². The summed E-state index contributed by atoms with van der Waals surface area (Å²) in [7, 11) is 0. The van der Waals surface area contributed by atoms with Crippen molar-refractivity contribution < 1.29 is 11.6 Å². The van der Waals surface area contributed by atoms with Gasteiger partial charge in [-0.2, -0.15) is 0 Å². The Kier molecular flexibility index (Phi) is 1.32. The Bertz CT molecular complexity index is 313. The monoisotopic (exact) mass is 155 g/mol. The van der Waals surface area contributed by atoms with Gasteiger partial charge in [0.25, 0.3) is 0 Å². The van der Waals surface area contributed by atoms with E-state index in [0.717, 1.165) is 0 Å². The van der Waals surface area contributed by atoms with E-state index in [9.17, 15) is 0 Å². The van der Waals surface area contributed by atoms with E-state index in [2.05, 4.69) is 0 Å². The van der Waals surface area contributed by atoms with Crippen molar-refractivity contribution in [2.45, 2.75) is 26.3 Å². The fraction of sp³-hybridized carbons (Fsp3) is 0.400. The van der Waals surface area contributed by atoms with Gasteiger partial charge in [-0.3, -0.25) is 0 Å². The third kappa shape index (κ3) is 2.62. The molecule has 1 aromatic carbocycles. The molecule has 0 N–H and O–H groups in total. The van der Waals surface area contributed by atoms with Gasteiger partial charge in [0, 0.05) is 6.85 Å². The molecule has 0 amide bonds. The van der Waals surface area contributed by atoms with Crippen molar-refractivity contribution >= 4 is 0 Å². The predicted octanol–water partition coefficient (Wildman–Crippen LogP) is 2.86. The first-order valence-corrected chi connectivity index (χ1v) is 3.43. The highest BCUT2D eigenvalue weighted by molar-refractivity contribution is 5.21. The highest BCUT2D eigenvalue weighted by atomic mass is 16.5. The lowest BCUT2D eigenvalue weighted by atomic mass is 10.3. The summed E-state index contributed by atoms with van der Waals surface area (Å²) in [5, 5.41) is 0. The van der Waals surface area contributed by atoms with E-state index in [1.165, 1.54) is 6.92 Å². The summed E-state index contributed by atoms with van der Waals surface area (Å²) in [5.74, 6) is 0.356. The van der Waals surface area contributed by atoms with Gasteiger partial charge in [0.2, 0.25) is 0 Å². The number of para-hydroxylation sites is 1. The first-order valence-electron chi connectivity index (χ1n) is 5.93. The molecular weight excluding hydrogens is 136 g/mol. The van der Waals surface area contributed by atoms with Crippen molar-refractivity contribution in [1.82, 2.24) is 0 Å². The van der Waals surface area contributed by atoms with Crippen LogP contribution in [0.15, 0.2) is 30.3 Å². The van der Waals surface area contributed by atoms with Crippen LogP contribution < -0.4 is 4.74 Å². The lowest BCUT2D eigenvalue weighted by molar-refractivity contribution is 0.217. The Balaban J connectivity index is 2.89. The van der Waals surface area contributed by atoms with Gasteiger partial charge < -0.3 is 4.74 Å². The predicted molar refractivity (Wildman–Crippen MR) is 46.8 cm³/mol. The maximum absolute atomic E-state index is 7.48. The van der Waals surface area contributed by atoms with Crippen molar-refractivity contribution in [3.05, 3.63) is 30.3 Å². The summed E-state index contributed by atoms with van der Waals surface area (Å²) in [4.78, 5) is 0. The van der Waals surface area contributed by atoms with Crippen LogP contribution in [0.25, 0.3) is 0 Å². The van der Waals surface area contributed by atoms with Crippen LogP contribution in [0.4, 0.5) is 0 Å². The highest BCUT2D eigenvalue weighted by Crippen LogP contribution is 2.11. The van der Waals surface area contributed by atoms with E-state index >= 15 is 0 Å². The van der Waals surface area contributed by atoms with Gasteiger partial charge >= 0.3 is 0 Å².